The highest BCUT2D eigenvalue weighted by Gasteiger charge is 2.32. The fourth-order valence-corrected chi connectivity index (χ4v) is 2.48. The molecular formula is C17H15ClFNO3. The average Bonchev–Trinajstić information content (AvgIpc) is 2.96. The zero-order valence-corrected chi connectivity index (χ0v) is 13.0. The van der Waals surface area contributed by atoms with Gasteiger partial charge in [-0.05, 0) is 17.7 Å². The van der Waals surface area contributed by atoms with E-state index >= 15 is 0 Å². The Morgan fingerprint density at radius 3 is 2.70 bits per heavy atom. The smallest absolute Gasteiger partial charge is 0.414 e. The molecule has 6 heteroatoms. The van der Waals surface area contributed by atoms with Gasteiger partial charge in [0.15, 0.2) is 11.6 Å². The first-order chi connectivity index (χ1) is 11.2. The zero-order chi connectivity index (χ0) is 16.2. The second-order valence-electron chi connectivity index (χ2n) is 5.16. The molecule has 1 heterocycles. The van der Waals surface area contributed by atoms with Crippen LogP contribution in [0, 0.1) is 5.82 Å². The third-order valence-corrected chi connectivity index (χ3v) is 3.85. The maximum atomic E-state index is 14.2. The van der Waals surface area contributed by atoms with Crippen LogP contribution in [0.25, 0.3) is 0 Å². The predicted octanol–water partition coefficient (Wildman–Crippen LogP) is 3.97. The van der Waals surface area contributed by atoms with Gasteiger partial charge in [-0.15, -0.1) is 11.6 Å². The van der Waals surface area contributed by atoms with Crippen molar-refractivity contribution in [2.75, 3.05) is 17.3 Å². The summed E-state index contributed by atoms with van der Waals surface area (Å²) in [5, 5.41) is 0. The molecule has 1 fully saturated rings. The van der Waals surface area contributed by atoms with Crippen molar-refractivity contribution < 1.29 is 18.7 Å². The van der Waals surface area contributed by atoms with Crippen LogP contribution in [0.15, 0.2) is 48.5 Å². The highest BCUT2D eigenvalue weighted by Crippen LogP contribution is 2.27. The number of hydrogen-bond acceptors (Lipinski definition) is 3. The number of carbonyl (C=O) groups excluding carboxylic acids is 1. The fraction of sp³-hybridized carbons (Fsp3) is 0.235. The van der Waals surface area contributed by atoms with Gasteiger partial charge in [-0.3, -0.25) is 4.90 Å². The Labute approximate surface area is 138 Å². The highest BCUT2D eigenvalue weighted by molar-refractivity contribution is 6.18. The van der Waals surface area contributed by atoms with E-state index < -0.39 is 11.9 Å². The summed E-state index contributed by atoms with van der Waals surface area (Å²) in [5.74, 6) is -0.178. The lowest BCUT2D eigenvalue weighted by molar-refractivity contribution is 0.151. The molecule has 1 amide bonds. The van der Waals surface area contributed by atoms with Crippen molar-refractivity contribution in [1.29, 1.82) is 0 Å². The molecule has 3 rings (SSSR count). The number of cyclic esters (lactones) is 1. The summed E-state index contributed by atoms with van der Waals surface area (Å²) in [4.78, 5) is 13.1. The summed E-state index contributed by atoms with van der Waals surface area (Å²) in [7, 11) is 0. The maximum Gasteiger partial charge on any atom is 0.414 e. The molecule has 0 radical (unpaired) electrons. The highest BCUT2D eigenvalue weighted by atomic mass is 35.5. The Balaban J connectivity index is 1.70. The van der Waals surface area contributed by atoms with Gasteiger partial charge >= 0.3 is 6.09 Å². The largest absolute Gasteiger partial charge is 0.486 e. The lowest BCUT2D eigenvalue weighted by Crippen LogP contribution is -2.24. The lowest BCUT2D eigenvalue weighted by Gasteiger charge is -2.14. The van der Waals surface area contributed by atoms with Crippen molar-refractivity contribution in [2.24, 2.45) is 0 Å². The van der Waals surface area contributed by atoms with Crippen LogP contribution in [0.1, 0.15) is 5.56 Å². The SMILES string of the molecule is O=C1O[C@@H](CCl)CN1c1ccc(OCc2ccccc2)c(F)c1. The molecular weight excluding hydrogens is 321 g/mol. The monoisotopic (exact) mass is 335 g/mol. The summed E-state index contributed by atoms with van der Waals surface area (Å²) in [6.07, 6.45) is -0.894. The molecule has 0 spiro atoms. The van der Waals surface area contributed by atoms with Crippen molar-refractivity contribution in [3.63, 3.8) is 0 Å². The van der Waals surface area contributed by atoms with E-state index in [-0.39, 0.29) is 24.3 Å². The van der Waals surface area contributed by atoms with E-state index in [1.54, 1.807) is 6.07 Å². The Kier molecular flexibility index (Phi) is 4.67. The fourth-order valence-electron chi connectivity index (χ4n) is 2.32. The normalized spacial score (nSPS) is 17.2. The average molecular weight is 336 g/mol. The standard InChI is InChI=1S/C17H15ClFNO3/c18-9-14-10-20(17(21)23-14)13-6-7-16(15(19)8-13)22-11-12-4-2-1-3-5-12/h1-8,14H,9-11H2/t14-/m0/s1. The number of amides is 1. The first-order valence-corrected chi connectivity index (χ1v) is 7.71. The summed E-state index contributed by atoms with van der Waals surface area (Å²) < 4.78 is 24.7. The van der Waals surface area contributed by atoms with Crippen LogP contribution in [0.2, 0.25) is 0 Å². The number of benzene rings is 2. The van der Waals surface area contributed by atoms with Crippen LogP contribution < -0.4 is 9.64 Å². The summed E-state index contributed by atoms with van der Waals surface area (Å²) >= 11 is 5.68. The number of alkyl halides is 1. The molecule has 0 saturated carbocycles. The Morgan fingerprint density at radius 1 is 1.26 bits per heavy atom. The minimum Gasteiger partial charge on any atom is -0.486 e. The van der Waals surface area contributed by atoms with Crippen LogP contribution >= 0.6 is 11.6 Å². The van der Waals surface area contributed by atoms with Crippen molar-refractivity contribution in [3.05, 3.63) is 59.9 Å². The molecule has 0 aliphatic carbocycles. The van der Waals surface area contributed by atoms with Crippen LogP contribution in [-0.2, 0) is 11.3 Å². The van der Waals surface area contributed by atoms with Crippen molar-refractivity contribution in [3.8, 4) is 5.75 Å². The van der Waals surface area contributed by atoms with Crippen LogP contribution in [0.3, 0.4) is 0 Å². The van der Waals surface area contributed by atoms with Gasteiger partial charge in [-0.1, -0.05) is 30.3 Å². The quantitative estimate of drug-likeness (QED) is 0.776. The molecule has 0 bridgehead atoms. The molecule has 1 aliphatic rings. The molecule has 0 N–H and O–H groups in total. The molecule has 4 nitrogen and oxygen atoms in total. The molecule has 0 aromatic heterocycles. The number of halogens is 2. The number of anilines is 1. The van der Waals surface area contributed by atoms with E-state index in [1.807, 2.05) is 30.3 Å². The second-order valence-corrected chi connectivity index (χ2v) is 5.47. The van der Waals surface area contributed by atoms with Gasteiger partial charge < -0.3 is 9.47 Å². The third kappa shape index (κ3) is 3.56. The molecule has 0 unspecified atom stereocenters. The summed E-state index contributed by atoms with van der Waals surface area (Å²) in [6.45, 7) is 0.586. The van der Waals surface area contributed by atoms with Crippen LogP contribution in [0.4, 0.5) is 14.9 Å². The van der Waals surface area contributed by atoms with Gasteiger partial charge in [0.1, 0.15) is 12.7 Å². The Bertz CT molecular complexity index is 695. The Hall–Kier alpha value is -2.27. The maximum absolute atomic E-state index is 14.2. The van der Waals surface area contributed by atoms with E-state index in [2.05, 4.69) is 0 Å². The summed E-state index contributed by atoms with van der Waals surface area (Å²) in [5.41, 5.74) is 1.37. The topological polar surface area (TPSA) is 38.8 Å². The van der Waals surface area contributed by atoms with Crippen molar-refractivity contribution >= 4 is 23.4 Å². The predicted molar refractivity (Wildman–Crippen MR) is 85.5 cm³/mol. The third-order valence-electron chi connectivity index (χ3n) is 3.51. The molecule has 1 saturated heterocycles. The van der Waals surface area contributed by atoms with Gasteiger partial charge in [0.2, 0.25) is 0 Å². The van der Waals surface area contributed by atoms with Gasteiger partial charge in [0.05, 0.1) is 18.1 Å². The van der Waals surface area contributed by atoms with Gasteiger partial charge in [0, 0.05) is 6.07 Å². The molecule has 23 heavy (non-hydrogen) atoms. The minimum atomic E-state index is -0.527. The molecule has 1 atom stereocenters. The number of carbonyl (C=O) groups is 1. The number of nitrogens with zero attached hydrogens (tertiary/aromatic N) is 1. The lowest BCUT2D eigenvalue weighted by atomic mass is 10.2. The van der Waals surface area contributed by atoms with Gasteiger partial charge in [-0.2, -0.15) is 0 Å². The van der Waals surface area contributed by atoms with E-state index in [9.17, 15) is 9.18 Å². The van der Waals surface area contributed by atoms with Crippen molar-refractivity contribution in [2.45, 2.75) is 12.7 Å². The molecule has 2 aromatic rings. The molecule has 120 valence electrons. The molecule has 2 aromatic carbocycles. The second kappa shape index (κ2) is 6.87. The number of ether oxygens (including phenoxy) is 2. The van der Waals surface area contributed by atoms with E-state index in [0.29, 0.717) is 12.2 Å². The molecule has 1 aliphatic heterocycles. The first kappa shape index (κ1) is 15.6. The zero-order valence-electron chi connectivity index (χ0n) is 12.2. The summed E-state index contributed by atoms with van der Waals surface area (Å²) in [6, 6.07) is 13.9. The number of hydrogen-bond donors (Lipinski definition) is 0. The van der Waals surface area contributed by atoms with Gasteiger partial charge in [-0.25, -0.2) is 9.18 Å². The van der Waals surface area contributed by atoms with Crippen molar-refractivity contribution in [1.82, 2.24) is 0 Å². The van der Waals surface area contributed by atoms with Gasteiger partial charge in [0.25, 0.3) is 0 Å². The van der Waals surface area contributed by atoms with Crippen LogP contribution in [-0.4, -0.2) is 24.6 Å². The first-order valence-electron chi connectivity index (χ1n) is 7.18. The number of rotatable bonds is 5. The van der Waals surface area contributed by atoms with E-state index in [1.165, 1.54) is 17.0 Å². The minimum absolute atomic E-state index is 0.138. The Morgan fingerprint density at radius 2 is 2.04 bits per heavy atom. The van der Waals surface area contributed by atoms with E-state index in [0.717, 1.165) is 5.56 Å². The van der Waals surface area contributed by atoms with Crippen LogP contribution in [0.5, 0.6) is 5.75 Å². The van der Waals surface area contributed by atoms with E-state index in [4.69, 9.17) is 21.1 Å².